The van der Waals surface area contributed by atoms with E-state index in [1.165, 1.54) is 6.20 Å². The lowest BCUT2D eigenvalue weighted by molar-refractivity contribution is -0.0186. The molecule has 1 spiro atoms. The van der Waals surface area contributed by atoms with Crippen LogP contribution in [0.1, 0.15) is 36.0 Å². The Bertz CT molecular complexity index is 593. The van der Waals surface area contributed by atoms with Gasteiger partial charge in [-0.2, -0.15) is 10.2 Å². The van der Waals surface area contributed by atoms with Gasteiger partial charge in [-0.1, -0.05) is 0 Å². The van der Waals surface area contributed by atoms with Crippen LogP contribution in [0.5, 0.6) is 0 Å². The summed E-state index contributed by atoms with van der Waals surface area (Å²) in [7, 11) is 0. The molecule has 3 aliphatic heterocycles. The summed E-state index contributed by atoms with van der Waals surface area (Å²) in [5.74, 6) is 0.605. The number of rotatable bonds is 4. The molecule has 4 heterocycles. The Hall–Kier alpha value is -1.57. The fraction of sp³-hybridized carbons (Fsp3) is 0.722. The summed E-state index contributed by atoms with van der Waals surface area (Å²) in [5, 5.41) is 7.51. The van der Waals surface area contributed by atoms with Gasteiger partial charge in [-0.3, -0.25) is 4.79 Å². The van der Waals surface area contributed by atoms with E-state index in [-0.39, 0.29) is 17.6 Å². The van der Waals surface area contributed by atoms with Crippen LogP contribution in [0.25, 0.3) is 0 Å². The first-order valence-corrected chi connectivity index (χ1v) is 9.13. The lowest BCUT2D eigenvalue weighted by atomic mass is 9.98. The van der Waals surface area contributed by atoms with Crippen molar-refractivity contribution in [2.45, 2.75) is 37.4 Å². The second kappa shape index (κ2) is 7.35. The third kappa shape index (κ3) is 3.83. The molecule has 1 aromatic rings. The Morgan fingerprint density at radius 1 is 1.36 bits per heavy atom. The van der Waals surface area contributed by atoms with Crippen LogP contribution in [0.4, 0.5) is 0 Å². The Balaban J connectivity index is 1.28. The minimum absolute atomic E-state index is 0.00180. The molecule has 0 N–H and O–H groups in total. The van der Waals surface area contributed by atoms with Crippen molar-refractivity contribution < 1.29 is 19.0 Å². The van der Waals surface area contributed by atoms with Gasteiger partial charge in [-0.05, 0) is 31.2 Å². The lowest BCUT2D eigenvalue weighted by Crippen LogP contribution is -2.36. The van der Waals surface area contributed by atoms with Gasteiger partial charge in [0.1, 0.15) is 0 Å². The van der Waals surface area contributed by atoms with Gasteiger partial charge < -0.3 is 19.1 Å². The van der Waals surface area contributed by atoms with Gasteiger partial charge in [0.2, 0.25) is 0 Å². The van der Waals surface area contributed by atoms with E-state index in [1.807, 2.05) is 4.90 Å². The normalized spacial score (nSPS) is 30.2. The van der Waals surface area contributed by atoms with Gasteiger partial charge in [0.25, 0.3) is 5.91 Å². The maximum Gasteiger partial charge on any atom is 0.255 e. The van der Waals surface area contributed by atoms with Crippen LogP contribution in [0.3, 0.4) is 0 Å². The molecule has 0 unspecified atom stereocenters. The van der Waals surface area contributed by atoms with Crippen molar-refractivity contribution in [3.8, 4) is 0 Å². The van der Waals surface area contributed by atoms with Crippen LogP contribution < -0.4 is 0 Å². The second-order valence-corrected chi connectivity index (χ2v) is 7.32. The van der Waals surface area contributed by atoms with Crippen molar-refractivity contribution >= 4 is 5.91 Å². The van der Waals surface area contributed by atoms with Gasteiger partial charge >= 0.3 is 0 Å². The van der Waals surface area contributed by atoms with Gasteiger partial charge in [-0.15, -0.1) is 0 Å². The predicted molar refractivity (Wildman–Crippen MR) is 89.1 cm³/mol. The average Bonchev–Trinajstić information content (AvgIpc) is 3.28. The summed E-state index contributed by atoms with van der Waals surface area (Å²) in [6.45, 7) is 4.46. The topological polar surface area (TPSA) is 73.8 Å². The van der Waals surface area contributed by atoms with Crippen LogP contribution >= 0.6 is 0 Å². The number of carbonyl (C=O) groups is 1. The van der Waals surface area contributed by atoms with Crippen molar-refractivity contribution in [3.63, 3.8) is 0 Å². The second-order valence-electron chi connectivity index (χ2n) is 7.32. The first-order chi connectivity index (χ1) is 12.2. The molecule has 3 saturated heterocycles. The van der Waals surface area contributed by atoms with Gasteiger partial charge in [0, 0.05) is 26.2 Å². The lowest BCUT2D eigenvalue weighted by Gasteiger charge is -2.24. The van der Waals surface area contributed by atoms with Crippen molar-refractivity contribution in [1.29, 1.82) is 0 Å². The smallest absolute Gasteiger partial charge is 0.255 e. The number of hydrogen-bond acceptors (Lipinski definition) is 6. The first-order valence-electron chi connectivity index (χ1n) is 9.13. The van der Waals surface area contributed by atoms with E-state index >= 15 is 0 Å². The first kappa shape index (κ1) is 16.9. The number of likely N-dealkylation sites (tertiary alicyclic amines) is 1. The van der Waals surface area contributed by atoms with Crippen LogP contribution in [-0.4, -0.2) is 72.2 Å². The minimum atomic E-state index is -0.240. The molecule has 136 valence electrons. The summed E-state index contributed by atoms with van der Waals surface area (Å²) in [6.07, 6.45) is 7.11. The third-order valence-corrected chi connectivity index (χ3v) is 5.52. The van der Waals surface area contributed by atoms with Gasteiger partial charge in [0.05, 0.1) is 49.4 Å². The fourth-order valence-electron chi connectivity index (χ4n) is 4.00. The minimum Gasteiger partial charge on any atom is -0.381 e. The predicted octanol–water partition coefficient (Wildman–Crippen LogP) is 1.29. The molecule has 3 aliphatic rings. The Labute approximate surface area is 147 Å². The number of amides is 1. The highest BCUT2D eigenvalue weighted by Gasteiger charge is 2.47. The molecule has 0 aliphatic carbocycles. The molecular formula is C18H25N3O4. The summed E-state index contributed by atoms with van der Waals surface area (Å²) >= 11 is 0. The molecule has 7 nitrogen and oxygen atoms in total. The number of aromatic nitrogens is 2. The highest BCUT2D eigenvalue weighted by Crippen LogP contribution is 2.37. The molecular weight excluding hydrogens is 322 g/mol. The van der Waals surface area contributed by atoms with Crippen molar-refractivity contribution in [1.82, 2.24) is 15.1 Å². The third-order valence-electron chi connectivity index (χ3n) is 5.52. The molecule has 1 aromatic heterocycles. The van der Waals surface area contributed by atoms with E-state index < -0.39 is 0 Å². The molecule has 0 aromatic carbocycles. The van der Waals surface area contributed by atoms with Gasteiger partial charge in [0.15, 0.2) is 0 Å². The largest absolute Gasteiger partial charge is 0.381 e. The van der Waals surface area contributed by atoms with Crippen molar-refractivity contribution in [2.24, 2.45) is 5.92 Å². The van der Waals surface area contributed by atoms with Crippen molar-refractivity contribution in [2.75, 3.05) is 39.5 Å². The molecule has 1 amide bonds. The molecule has 3 fully saturated rings. The van der Waals surface area contributed by atoms with E-state index in [2.05, 4.69) is 10.2 Å². The Morgan fingerprint density at radius 3 is 3.04 bits per heavy atom. The fourth-order valence-corrected chi connectivity index (χ4v) is 4.00. The van der Waals surface area contributed by atoms with E-state index in [1.54, 1.807) is 12.3 Å². The van der Waals surface area contributed by atoms with Crippen LogP contribution in [0.15, 0.2) is 18.5 Å². The molecule has 25 heavy (non-hydrogen) atoms. The zero-order valence-electron chi connectivity index (χ0n) is 14.4. The Morgan fingerprint density at radius 2 is 2.24 bits per heavy atom. The molecule has 0 bridgehead atoms. The maximum absolute atomic E-state index is 12.6. The number of ether oxygens (including phenoxy) is 3. The zero-order valence-corrected chi connectivity index (χ0v) is 14.4. The van der Waals surface area contributed by atoms with E-state index in [0.717, 1.165) is 45.5 Å². The molecule has 2 atom stereocenters. The van der Waals surface area contributed by atoms with E-state index in [9.17, 15) is 4.79 Å². The standard InChI is InChI=1S/C18H25N3O4/c22-17(15-1-5-19-20-10-15)21-6-4-18(13-21)9-16(12-25-18)24-11-14-2-7-23-8-3-14/h1,5,10,14,16H,2-4,6-9,11-13H2/t16-,18+/m0/s1. The average molecular weight is 347 g/mol. The maximum atomic E-state index is 12.6. The number of nitrogens with zero attached hydrogens (tertiary/aromatic N) is 3. The van der Waals surface area contributed by atoms with E-state index in [0.29, 0.717) is 31.2 Å². The van der Waals surface area contributed by atoms with Crippen LogP contribution in [-0.2, 0) is 14.2 Å². The van der Waals surface area contributed by atoms with Crippen molar-refractivity contribution in [3.05, 3.63) is 24.0 Å². The monoisotopic (exact) mass is 347 g/mol. The number of hydrogen-bond donors (Lipinski definition) is 0. The highest BCUT2D eigenvalue weighted by atomic mass is 16.6. The molecule has 7 heteroatoms. The van der Waals surface area contributed by atoms with Crippen LogP contribution in [0.2, 0.25) is 0 Å². The summed E-state index contributed by atoms with van der Waals surface area (Å²) in [5.41, 5.74) is 0.341. The number of carbonyl (C=O) groups excluding carboxylic acids is 1. The van der Waals surface area contributed by atoms with E-state index in [4.69, 9.17) is 14.2 Å². The summed E-state index contributed by atoms with van der Waals surface area (Å²) < 4.78 is 17.6. The molecule has 0 radical (unpaired) electrons. The summed E-state index contributed by atoms with van der Waals surface area (Å²) in [6, 6.07) is 1.70. The zero-order chi connectivity index (χ0) is 17.1. The summed E-state index contributed by atoms with van der Waals surface area (Å²) in [4.78, 5) is 14.4. The highest BCUT2D eigenvalue weighted by molar-refractivity contribution is 5.94. The quantitative estimate of drug-likeness (QED) is 0.817. The SMILES string of the molecule is O=C(c1ccnnc1)N1CC[C@@]2(C[C@H](OCC3CCOCC3)CO2)C1. The molecule has 0 saturated carbocycles. The van der Waals surface area contributed by atoms with Crippen LogP contribution in [0, 0.1) is 5.92 Å². The Kier molecular flexibility index (Phi) is 4.96. The van der Waals surface area contributed by atoms with Gasteiger partial charge in [-0.25, -0.2) is 0 Å². The molecule has 4 rings (SSSR count).